The number of aliphatic hydroxyl groups excluding tert-OH is 1. The summed E-state index contributed by atoms with van der Waals surface area (Å²) in [7, 11) is 0. The average Bonchev–Trinajstić information content (AvgIpc) is 2.97. The SMILES string of the molecule is CC(C)(C)OC(=O)N1CC(F)(F)[C@H]2[C@@H]1CCN2C[C@@H](O)C(C)(C)C(=O)O. The van der Waals surface area contributed by atoms with Crippen LogP contribution >= 0.6 is 0 Å². The third-order valence-corrected chi connectivity index (χ3v) is 5.10. The van der Waals surface area contributed by atoms with Gasteiger partial charge in [0.1, 0.15) is 5.60 Å². The molecule has 2 fully saturated rings. The predicted molar refractivity (Wildman–Crippen MR) is 89.1 cm³/mol. The number of halogens is 2. The van der Waals surface area contributed by atoms with Gasteiger partial charge >= 0.3 is 12.1 Å². The Bertz CT molecular complexity index is 576. The van der Waals surface area contributed by atoms with Crippen molar-refractivity contribution in [2.45, 2.75) is 70.8 Å². The number of amides is 1. The number of aliphatic carboxylic acids is 1. The number of rotatable bonds is 4. The van der Waals surface area contributed by atoms with Crippen LogP contribution in [0.2, 0.25) is 0 Å². The second-order valence-corrected chi connectivity index (χ2v) is 8.71. The molecule has 2 saturated heterocycles. The molecule has 2 aliphatic rings. The van der Waals surface area contributed by atoms with Crippen molar-refractivity contribution in [2.24, 2.45) is 5.41 Å². The van der Waals surface area contributed by atoms with Crippen LogP contribution in [0.25, 0.3) is 0 Å². The van der Waals surface area contributed by atoms with Gasteiger partial charge in [-0.05, 0) is 41.0 Å². The lowest BCUT2D eigenvalue weighted by molar-refractivity contribution is -0.154. The molecular formula is C17H28F2N2O5. The smallest absolute Gasteiger partial charge is 0.410 e. The molecule has 0 radical (unpaired) electrons. The molecule has 7 nitrogen and oxygen atoms in total. The number of likely N-dealkylation sites (tertiary alicyclic amines) is 2. The summed E-state index contributed by atoms with van der Waals surface area (Å²) in [5.74, 6) is -4.36. The number of hydrogen-bond donors (Lipinski definition) is 2. The number of β-amino-alcohol motifs (C(OH)–C–C–N with tert-alkyl or cyclic N) is 1. The Morgan fingerprint density at radius 3 is 2.35 bits per heavy atom. The molecule has 0 unspecified atom stereocenters. The number of carboxylic acids is 1. The molecule has 26 heavy (non-hydrogen) atoms. The van der Waals surface area contributed by atoms with E-state index in [1.807, 2.05) is 0 Å². The molecule has 3 atom stereocenters. The Kier molecular flexibility index (Phi) is 5.29. The summed E-state index contributed by atoms with van der Waals surface area (Å²) in [5, 5.41) is 19.5. The van der Waals surface area contributed by atoms with Gasteiger partial charge in [-0.1, -0.05) is 0 Å². The standard InChI is InChI=1S/C17H28F2N2O5/c1-15(2,3)26-14(25)21-9-17(18,19)12-10(21)6-7-20(12)8-11(22)16(4,5)13(23)24/h10-12,22H,6-9H2,1-5H3,(H,23,24)/t10-,11+,12+/m0/s1. The van der Waals surface area contributed by atoms with Crippen LogP contribution in [-0.4, -0.2) is 81.4 Å². The third kappa shape index (κ3) is 3.93. The van der Waals surface area contributed by atoms with Crippen molar-refractivity contribution in [1.82, 2.24) is 9.80 Å². The van der Waals surface area contributed by atoms with Gasteiger partial charge in [0.2, 0.25) is 0 Å². The minimum absolute atomic E-state index is 0.196. The first kappa shape index (κ1) is 20.8. The van der Waals surface area contributed by atoms with E-state index in [0.717, 1.165) is 4.90 Å². The number of ether oxygens (including phenoxy) is 1. The minimum atomic E-state index is -3.16. The molecule has 2 N–H and O–H groups in total. The second kappa shape index (κ2) is 6.60. The molecule has 0 aromatic heterocycles. The first-order valence-corrected chi connectivity index (χ1v) is 8.70. The summed E-state index contributed by atoms with van der Waals surface area (Å²) in [6, 6.07) is -1.98. The van der Waals surface area contributed by atoms with Gasteiger partial charge < -0.3 is 14.9 Å². The third-order valence-electron chi connectivity index (χ3n) is 5.10. The fourth-order valence-corrected chi connectivity index (χ4v) is 3.47. The Morgan fingerprint density at radius 1 is 1.27 bits per heavy atom. The molecule has 9 heteroatoms. The number of nitrogens with zero attached hydrogens (tertiary/aromatic N) is 2. The van der Waals surface area contributed by atoms with Gasteiger partial charge in [0.25, 0.3) is 5.92 Å². The van der Waals surface area contributed by atoms with E-state index >= 15 is 0 Å². The monoisotopic (exact) mass is 378 g/mol. The molecule has 150 valence electrons. The second-order valence-electron chi connectivity index (χ2n) is 8.71. The zero-order valence-electron chi connectivity index (χ0n) is 15.8. The van der Waals surface area contributed by atoms with E-state index in [4.69, 9.17) is 4.74 Å². The Hall–Kier alpha value is -1.48. The molecule has 0 aromatic rings. The van der Waals surface area contributed by atoms with Crippen molar-refractivity contribution in [3.8, 4) is 0 Å². The van der Waals surface area contributed by atoms with Gasteiger partial charge in [0.15, 0.2) is 0 Å². The summed E-state index contributed by atoms with van der Waals surface area (Å²) < 4.78 is 34.5. The topological polar surface area (TPSA) is 90.3 Å². The van der Waals surface area contributed by atoms with E-state index in [2.05, 4.69) is 0 Å². The predicted octanol–water partition coefficient (Wildman–Crippen LogP) is 1.79. The number of fused-ring (bicyclic) bond motifs is 1. The quantitative estimate of drug-likeness (QED) is 0.775. The van der Waals surface area contributed by atoms with Crippen LogP contribution in [0.4, 0.5) is 13.6 Å². The lowest BCUT2D eigenvalue weighted by Gasteiger charge is -2.33. The van der Waals surface area contributed by atoms with Crippen molar-refractivity contribution >= 4 is 12.1 Å². The largest absolute Gasteiger partial charge is 0.481 e. The number of carbonyl (C=O) groups excluding carboxylic acids is 1. The molecule has 2 heterocycles. The Morgan fingerprint density at radius 2 is 1.85 bits per heavy atom. The van der Waals surface area contributed by atoms with Crippen LogP contribution in [0.1, 0.15) is 41.0 Å². The molecule has 1 amide bonds. The highest BCUT2D eigenvalue weighted by molar-refractivity contribution is 5.74. The normalized spacial score (nSPS) is 27.3. The maximum Gasteiger partial charge on any atom is 0.410 e. The zero-order valence-corrected chi connectivity index (χ0v) is 15.8. The number of alkyl halides is 2. The summed E-state index contributed by atoms with van der Waals surface area (Å²) >= 11 is 0. The van der Waals surface area contributed by atoms with Crippen LogP contribution < -0.4 is 0 Å². The van der Waals surface area contributed by atoms with Gasteiger partial charge in [-0.2, -0.15) is 0 Å². The molecule has 0 aliphatic carbocycles. The highest BCUT2D eigenvalue weighted by Crippen LogP contribution is 2.42. The molecule has 2 rings (SSSR count). The maximum atomic E-state index is 14.6. The Balaban J connectivity index is 2.15. The van der Waals surface area contributed by atoms with Crippen LogP contribution in [0.3, 0.4) is 0 Å². The average molecular weight is 378 g/mol. The lowest BCUT2D eigenvalue weighted by Crippen LogP contribution is -2.51. The zero-order chi connectivity index (χ0) is 20.1. The first-order valence-electron chi connectivity index (χ1n) is 8.70. The van der Waals surface area contributed by atoms with Crippen LogP contribution in [0.5, 0.6) is 0 Å². The van der Waals surface area contributed by atoms with E-state index in [1.165, 1.54) is 18.7 Å². The van der Waals surface area contributed by atoms with Gasteiger partial charge in [0, 0.05) is 13.1 Å². The van der Waals surface area contributed by atoms with Crippen molar-refractivity contribution in [2.75, 3.05) is 19.6 Å². The first-order chi connectivity index (χ1) is 11.7. The van der Waals surface area contributed by atoms with Gasteiger partial charge in [-0.15, -0.1) is 0 Å². The Labute approximate surface area is 151 Å². The minimum Gasteiger partial charge on any atom is -0.481 e. The summed E-state index contributed by atoms with van der Waals surface area (Å²) in [6.45, 7) is 7.02. The van der Waals surface area contributed by atoms with Crippen molar-refractivity contribution in [3.63, 3.8) is 0 Å². The maximum absolute atomic E-state index is 14.6. The van der Waals surface area contributed by atoms with E-state index in [0.29, 0.717) is 6.42 Å². The van der Waals surface area contributed by atoms with E-state index < -0.39 is 53.7 Å². The molecular weight excluding hydrogens is 350 g/mol. The van der Waals surface area contributed by atoms with Crippen molar-refractivity contribution < 1.29 is 33.3 Å². The summed E-state index contributed by atoms with van der Waals surface area (Å²) in [6.07, 6.45) is -1.78. The molecule has 0 saturated carbocycles. The number of aliphatic hydroxyl groups is 1. The van der Waals surface area contributed by atoms with Crippen molar-refractivity contribution in [1.29, 1.82) is 0 Å². The van der Waals surface area contributed by atoms with Crippen molar-refractivity contribution in [3.05, 3.63) is 0 Å². The van der Waals surface area contributed by atoms with Crippen LogP contribution in [0.15, 0.2) is 0 Å². The summed E-state index contributed by atoms with van der Waals surface area (Å²) in [4.78, 5) is 26.0. The number of carboxylic acid groups (broad SMARTS) is 1. The van der Waals surface area contributed by atoms with Gasteiger partial charge in [0.05, 0.1) is 30.1 Å². The fourth-order valence-electron chi connectivity index (χ4n) is 3.47. The molecule has 2 aliphatic heterocycles. The van der Waals surface area contributed by atoms with E-state index in [-0.39, 0.29) is 13.1 Å². The summed E-state index contributed by atoms with van der Waals surface area (Å²) in [5.41, 5.74) is -2.25. The fraction of sp³-hybridized carbons (Fsp3) is 0.882. The molecule has 0 aromatic carbocycles. The highest BCUT2D eigenvalue weighted by Gasteiger charge is 2.61. The number of hydrogen-bond acceptors (Lipinski definition) is 5. The molecule has 0 bridgehead atoms. The highest BCUT2D eigenvalue weighted by atomic mass is 19.3. The van der Waals surface area contributed by atoms with E-state index in [9.17, 15) is 28.6 Å². The molecule has 0 spiro atoms. The number of carbonyl (C=O) groups is 2. The van der Waals surface area contributed by atoms with Crippen LogP contribution in [0, 0.1) is 5.41 Å². The van der Waals surface area contributed by atoms with Crippen LogP contribution in [-0.2, 0) is 9.53 Å². The van der Waals surface area contributed by atoms with Gasteiger partial charge in [-0.3, -0.25) is 14.6 Å². The lowest BCUT2D eigenvalue weighted by atomic mass is 9.86. The van der Waals surface area contributed by atoms with Gasteiger partial charge in [-0.25, -0.2) is 13.6 Å². The van der Waals surface area contributed by atoms with E-state index in [1.54, 1.807) is 20.8 Å².